The molecule has 36 heavy (non-hydrogen) atoms. The summed E-state index contributed by atoms with van der Waals surface area (Å²) >= 11 is 6.02. The number of aromatic amines is 1. The van der Waals surface area contributed by atoms with Crippen molar-refractivity contribution in [1.29, 1.82) is 0 Å². The van der Waals surface area contributed by atoms with Crippen LogP contribution in [-0.2, 0) is 15.0 Å². The van der Waals surface area contributed by atoms with Crippen LogP contribution < -0.4 is 4.90 Å². The first-order valence-electron chi connectivity index (χ1n) is 11.7. The van der Waals surface area contributed by atoms with Crippen LogP contribution in [0.25, 0.3) is 16.8 Å². The highest BCUT2D eigenvalue weighted by Gasteiger charge is 2.48. The molecule has 1 fully saturated rings. The summed E-state index contributed by atoms with van der Waals surface area (Å²) in [5.41, 5.74) is 4.60. The van der Waals surface area contributed by atoms with Gasteiger partial charge in [0.05, 0.1) is 22.6 Å². The molecule has 0 radical (unpaired) electrons. The highest BCUT2D eigenvalue weighted by atomic mass is 35.5. The lowest BCUT2D eigenvalue weighted by molar-refractivity contribution is -0.132. The summed E-state index contributed by atoms with van der Waals surface area (Å²) in [6.07, 6.45) is 0. The molecular weight excluding hydrogens is 474 g/mol. The number of nitrogens with zero attached hydrogens (tertiary/aromatic N) is 2. The lowest BCUT2D eigenvalue weighted by Crippen LogP contribution is -2.30. The van der Waals surface area contributed by atoms with E-state index in [1.165, 1.54) is 4.90 Å². The number of amides is 1. The zero-order chi connectivity index (χ0) is 25.8. The van der Waals surface area contributed by atoms with Crippen LogP contribution in [0.15, 0.2) is 72.3 Å². The smallest absolute Gasteiger partial charge is 0.302 e. The molecule has 1 atom stereocenters. The van der Waals surface area contributed by atoms with Crippen LogP contribution in [0.3, 0.4) is 0 Å². The molecule has 2 N–H and O–H groups in total. The number of aliphatic hydroxyl groups excluding tert-OH is 1. The van der Waals surface area contributed by atoms with Crippen molar-refractivity contribution in [3.8, 4) is 0 Å². The van der Waals surface area contributed by atoms with Gasteiger partial charge in [0.1, 0.15) is 5.76 Å². The average molecular weight is 500 g/mol. The molecule has 2 heterocycles. The Kier molecular flexibility index (Phi) is 5.72. The number of benzene rings is 3. The van der Waals surface area contributed by atoms with Gasteiger partial charge in [-0.25, -0.2) is 4.98 Å². The number of aromatic nitrogens is 2. The number of fused-ring (bicyclic) bond motifs is 1. The monoisotopic (exact) mass is 499 g/mol. The van der Waals surface area contributed by atoms with Crippen LogP contribution in [0.1, 0.15) is 49.1 Å². The standard InChI is InChI=1S/C29H26ClN3O3/c1-16-5-14-21-22(15-16)32-28(31-21)33-24(17-6-10-19(11-7-17)29(2,3)4)23(26(35)27(33)36)25(34)18-8-12-20(30)13-9-18/h5-15,24,34H,1-4H3,(H,31,32)/b25-23+. The SMILES string of the molecule is Cc1ccc2nc(N3C(=O)C(=O)/C(=C(/O)c4ccc(Cl)cc4)C3c3ccc(C(C)(C)C)cc3)[nH]c2c1. The number of nitrogens with one attached hydrogen (secondary N) is 1. The van der Waals surface area contributed by atoms with E-state index < -0.39 is 17.7 Å². The Hall–Kier alpha value is -3.90. The van der Waals surface area contributed by atoms with Gasteiger partial charge in [0.15, 0.2) is 0 Å². The van der Waals surface area contributed by atoms with Gasteiger partial charge in [-0.05, 0) is 65.4 Å². The molecule has 0 spiro atoms. The molecule has 5 rings (SSSR count). The molecule has 0 saturated carbocycles. The van der Waals surface area contributed by atoms with Gasteiger partial charge >= 0.3 is 5.91 Å². The highest BCUT2D eigenvalue weighted by Crippen LogP contribution is 2.42. The fourth-order valence-corrected chi connectivity index (χ4v) is 4.65. The number of carbonyl (C=O) groups excluding carboxylic acids is 2. The van der Waals surface area contributed by atoms with E-state index >= 15 is 0 Å². The van der Waals surface area contributed by atoms with Crippen molar-refractivity contribution in [1.82, 2.24) is 9.97 Å². The largest absolute Gasteiger partial charge is 0.507 e. The van der Waals surface area contributed by atoms with Crippen LogP contribution >= 0.6 is 11.6 Å². The number of anilines is 1. The summed E-state index contributed by atoms with van der Waals surface area (Å²) in [6, 6.07) is 19.1. The predicted molar refractivity (Wildman–Crippen MR) is 142 cm³/mol. The van der Waals surface area contributed by atoms with Crippen LogP contribution in [0.4, 0.5) is 5.95 Å². The predicted octanol–water partition coefficient (Wildman–Crippen LogP) is 6.45. The van der Waals surface area contributed by atoms with Crippen molar-refractivity contribution in [2.45, 2.75) is 39.2 Å². The second-order valence-electron chi connectivity index (χ2n) is 10.1. The first-order valence-corrected chi connectivity index (χ1v) is 12.1. The fourth-order valence-electron chi connectivity index (χ4n) is 4.52. The molecule has 6 nitrogen and oxygen atoms in total. The number of Topliss-reactive ketones (excluding diaryl/α,β-unsaturated/α-hetero) is 1. The first kappa shape index (κ1) is 23.8. The molecular formula is C29H26ClN3O3. The summed E-state index contributed by atoms with van der Waals surface area (Å²) in [7, 11) is 0. The molecule has 1 aliphatic rings. The Morgan fingerprint density at radius 2 is 1.67 bits per heavy atom. The number of carbonyl (C=O) groups is 2. The first-order chi connectivity index (χ1) is 17.0. The van der Waals surface area contributed by atoms with E-state index in [0.29, 0.717) is 21.7 Å². The number of hydrogen-bond donors (Lipinski definition) is 2. The molecule has 3 aromatic carbocycles. The van der Waals surface area contributed by atoms with Gasteiger partial charge in [0.25, 0.3) is 5.78 Å². The number of ketones is 1. The maximum atomic E-state index is 13.4. The van der Waals surface area contributed by atoms with E-state index in [4.69, 9.17) is 11.6 Å². The molecule has 1 aromatic heterocycles. The Bertz CT molecular complexity index is 1530. The summed E-state index contributed by atoms with van der Waals surface area (Å²) < 4.78 is 0. The normalized spacial score (nSPS) is 17.8. The van der Waals surface area contributed by atoms with Crippen molar-refractivity contribution in [3.63, 3.8) is 0 Å². The van der Waals surface area contributed by atoms with E-state index in [9.17, 15) is 14.7 Å². The quantitative estimate of drug-likeness (QED) is 0.193. The van der Waals surface area contributed by atoms with E-state index in [1.54, 1.807) is 24.3 Å². The third kappa shape index (κ3) is 4.07. The van der Waals surface area contributed by atoms with Crippen LogP contribution in [-0.4, -0.2) is 26.8 Å². The van der Waals surface area contributed by atoms with Crippen molar-refractivity contribution in [3.05, 3.63) is 99.6 Å². The second-order valence-corrected chi connectivity index (χ2v) is 10.6. The summed E-state index contributed by atoms with van der Waals surface area (Å²) in [4.78, 5) is 35.9. The average Bonchev–Trinajstić information content (AvgIpc) is 3.36. The Morgan fingerprint density at radius 1 is 1.00 bits per heavy atom. The molecule has 1 unspecified atom stereocenters. The minimum atomic E-state index is -0.864. The number of H-pyrrole nitrogens is 1. The molecule has 0 aliphatic carbocycles. The van der Waals surface area contributed by atoms with Gasteiger partial charge in [-0.1, -0.05) is 62.7 Å². The number of halogens is 1. The van der Waals surface area contributed by atoms with E-state index in [2.05, 4.69) is 30.7 Å². The van der Waals surface area contributed by atoms with Crippen LogP contribution in [0.2, 0.25) is 5.02 Å². The summed E-state index contributed by atoms with van der Waals surface area (Å²) in [6.45, 7) is 8.32. The maximum Gasteiger partial charge on any atom is 0.302 e. The molecule has 0 bridgehead atoms. The van der Waals surface area contributed by atoms with Crippen molar-refractivity contribution in [2.24, 2.45) is 0 Å². The van der Waals surface area contributed by atoms with E-state index in [1.807, 2.05) is 49.4 Å². The van der Waals surface area contributed by atoms with Gasteiger partial charge in [-0.15, -0.1) is 0 Å². The Balaban J connectivity index is 1.71. The number of aryl methyl sites for hydroxylation is 1. The molecule has 1 saturated heterocycles. The third-order valence-corrected chi connectivity index (χ3v) is 6.76. The lowest BCUT2D eigenvalue weighted by atomic mass is 9.85. The van der Waals surface area contributed by atoms with Crippen molar-refractivity contribution >= 4 is 46.0 Å². The zero-order valence-electron chi connectivity index (χ0n) is 20.5. The van der Waals surface area contributed by atoms with Crippen molar-refractivity contribution < 1.29 is 14.7 Å². The van der Waals surface area contributed by atoms with Crippen LogP contribution in [0.5, 0.6) is 0 Å². The third-order valence-electron chi connectivity index (χ3n) is 6.51. The van der Waals surface area contributed by atoms with Gasteiger partial charge in [0, 0.05) is 10.6 Å². The minimum Gasteiger partial charge on any atom is -0.507 e. The Labute approximate surface area is 214 Å². The topological polar surface area (TPSA) is 86.3 Å². The maximum absolute atomic E-state index is 13.4. The van der Waals surface area contributed by atoms with E-state index in [0.717, 1.165) is 16.6 Å². The van der Waals surface area contributed by atoms with Crippen molar-refractivity contribution in [2.75, 3.05) is 4.90 Å². The molecule has 1 amide bonds. The lowest BCUT2D eigenvalue weighted by Gasteiger charge is -2.24. The number of aliphatic hydroxyl groups is 1. The minimum absolute atomic E-state index is 0.00229. The summed E-state index contributed by atoms with van der Waals surface area (Å²) in [5, 5.41) is 11.8. The number of rotatable bonds is 3. The number of imidazole rings is 1. The number of hydrogen-bond acceptors (Lipinski definition) is 4. The van der Waals surface area contributed by atoms with Crippen LogP contribution in [0, 0.1) is 6.92 Å². The molecule has 4 aromatic rings. The molecule has 1 aliphatic heterocycles. The Morgan fingerprint density at radius 3 is 2.31 bits per heavy atom. The van der Waals surface area contributed by atoms with Gasteiger partial charge < -0.3 is 10.1 Å². The fraction of sp³-hybridized carbons (Fsp3) is 0.207. The molecule has 182 valence electrons. The van der Waals surface area contributed by atoms with Gasteiger partial charge in [-0.3, -0.25) is 14.5 Å². The van der Waals surface area contributed by atoms with E-state index in [-0.39, 0.29) is 22.7 Å². The highest BCUT2D eigenvalue weighted by molar-refractivity contribution is 6.51. The van der Waals surface area contributed by atoms with Gasteiger partial charge in [0.2, 0.25) is 5.95 Å². The molecule has 7 heteroatoms. The van der Waals surface area contributed by atoms with Gasteiger partial charge in [-0.2, -0.15) is 0 Å². The summed E-state index contributed by atoms with van der Waals surface area (Å²) in [5.74, 6) is -1.54. The zero-order valence-corrected chi connectivity index (χ0v) is 21.2. The second kappa shape index (κ2) is 8.64.